The average Bonchev–Trinajstić information content (AvgIpc) is 2.91. The molecule has 1 atom stereocenters. The van der Waals surface area contributed by atoms with E-state index < -0.39 is 23.9 Å². The molecule has 0 aromatic carbocycles. The highest BCUT2D eigenvalue weighted by atomic mass is 16.5. The lowest BCUT2D eigenvalue weighted by molar-refractivity contribution is -0.142. The summed E-state index contributed by atoms with van der Waals surface area (Å²) in [5.41, 5.74) is 5.47. The molecule has 1 amide bonds. The van der Waals surface area contributed by atoms with Crippen molar-refractivity contribution in [2.75, 3.05) is 13.7 Å². The Morgan fingerprint density at radius 3 is 2.81 bits per heavy atom. The second-order valence-electron chi connectivity index (χ2n) is 4.26. The Morgan fingerprint density at radius 2 is 2.24 bits per heavy atom. The van der Waals surface area contributed by atoms with Gasteiger partial charge in [-0.05, 0) is 6.42 Å². The molecule has 1 heterocycles. The fourth-order valence-electron chi connectivity index (χ4n) is 1.60. The molecule has 21 heavy (non-hydrogen) atoms. The van der Waals surface area contributed by atoms with Gasteiger partial charge in [-0.1, -0.05) is 0 Å². The van der Waals surface area contributed by atoms with Crippen LogP contribution in [0.3, 0.4) is 0 Å². The van der Waals surface area contributed by atoms with Gasteiger partial charge in [0.25, 0.3) is 5.91 Å². The van der Waals surface area contributed by atoms with Crippen LogP contribution in [0.2, 0.25) is 0 Å². The molecule has 1 rings (SSSR count). The van der Waals surface area contributed by atoms with Crippen LogP contribution in [0.1, 0.15) is 23.3 Å². The number of hydrogen-bond acceptors (Lipinski definition) is 6. The molecule has 0 bridgehead atoms. The third-order valence-corrected chi connectivity index (χ3v) is 2.72. The number of nitrogens with one attached hydrogen (secondary N) is 1. The second kappa shape index (κ2) is 8.00. The van der Waals surface area contributed by atoms with Crippen LogP contribution in [-0.4, -0.2) is 52.2 Å². The van der Waals surface area contributed by atoms with E-state index in [2.05, 4.69) is 15.0 Å². The second-order valence-corrected chi connectivity index (χ2v) is 4.26. The van der Waals surface area contributed by atoms with Crippen LogP contribution < -0.4 is 11.1 Å². The number of methoxy groups -OCH3 is 1. The number of carbonyl (C=O) groups excluding carboxylic acids is 2. The molecule has 0 radical (unpaired) electrons. The summed E-state index contributed by atoms with van der Waals surface area (Å²) in [6, 6.07) is -1.18. The minimum Gasteiger partial charge on any atom is -0.480 e. The van der Waals surface area contributed by atoms with E-state index in [4.69, 9.17) is 10.8 Å². The van der Waals surface area contributed by atoms with Crippen molar-refractivity contribution in [2.45, 2.75) is 25.4 Å². The standard InChI is InChI=1S/C12H18N4O5/c1-21-10(17)3-2-8(12(19)20)15-11(18)9-6-16(5-4-13)7-14-9/h6-8H,2-5,13H2,1H3,(H,15,18)(H,19,20). The molecule has 9 nitrogen and oxygen atoms in total. The van der Waals surface area contributed by atoms with Gasteiger partial charge in [0, 0.05) is 25.7 Å². The number of rotatable bonds is 8. The third-order valence-electron chi connectivity index (χ3n) is 2.72. The predicted octanol–water partition coefficient (Wildman–Crippen LogP) is -1.02. The van der Waals surface area contributed by atoms with Crippen LogP contribution >= 0.6 is 0 Å². The lowest BCUT2D eigenvalue weighted by Gasteiger charge is -2.12. The lowest BCUT2D eigenvalue weighted by atomic mass is 10.1. The molecule has 1 aromatic rings. The molecule has 0 spiro atoms. The Balaban J connectivity index is 2.62. The van der Waals surface area contributed by atoms with E-state index in [1.54, 1.807) is 4.57 Å². The van der Waals surface area contributed by atoms with Crippen molar-refractivity contribution < 1.29 is 24.2 Å². The van der Waals surface area contributed by atoms with E-state index in [9.17, 15) is 14.4 Å². The number of carboxylic acids is 1. The predicted molar refractivity (Wildman–Crippen MR) is 71.4 cm³/mol. The number of aliphatic carboxylic acids is 1. The molecule has 116 valence electrons. The Hall–Kier alpha value is -2.42. The van der Waals surface area contributed by atoms with Crippen molar-refractivity contribution in [2.24, 2.45) is 5.73 Å². The Bertz CT molecular complexity index is 514. The number of nitrogens with two attached hydrogens (primary N) is 1. The van der Waals surface area contributed by atoms with Crippen molar-refractivity contribution in [3.05, 3.63) is 18.2 Å². The minimum absolute atomic E-state index is 0.0583. The summed E-state index contributed by atoms with van der Waals surface area (Å²) >= 11 is 0. The van der Waals surface area contributed by atoms with Gasteiger partial charge in [0.15, 0.2) is 0 Å². The molecule has 4 N–H and O–H groups in total. The maximum atomic E-state index is 11.9. The molecular weight excluding hydrogens is 280 g/mol. The van der Waals surface area contributed by atoms with Crippen molar-refractivity contribution in [1.82, 2.24) is 14.9 Å². The molecule has 0 fully saturated rings. The summed E-state index contributed by atoms with van der Waals surface area (Å²) < 4.78 is 6.05. The highest BCUT2D eigenvalue weighted by Crippen LogP contribution is 2.02. The fourth-order valence-corrected chi connectivity index (χ4v) is 1.60. The molecule has 0 aliphatic rings. The molecule has 1 unspecified atom stereocenters. The number of hydrogen-bond donors (Lipinski definition) is 3. The van der Waals surface area contributed by atoms with E-state index >= 15 is 0 Å². The maximum Gasteiger partial charge on any atom is 0.326 e. The van der Waals surface area contributed by atoms with Crippen LogP contribution in [0.5, 0.6) is 0 Å². The maximum absolute atomic E-state index is 11.9. The van der Waals surface area contributed by atoms with Gasteiger partial charge in [0.2, 0.25) is 0 Å². The lowest BCUT2D eigenvalue weighted by Crippen LogP contribution is -2.41. The van der Waals surface area contributed by atoms with Gasteiger partial charge in [-0.25, -0.2) is 9.78 Å². The summed E-state index contributed by atoms with van der Waals surface area (Å²) in [5.74, 6) is -2.39. The first kappa shape index (κ1) is 16.6. The van der Waals surface area contributed by atoms with E-state index in [1.807, 2.05) is 0 Å². The van der Waals surface area contributed by atoms with Crippen LogP contribution in [0.15, 0.2) is 12.5 Å². The number of ether oxygens (including phenoxy) is 1. The molecular formula is C12H18N4O5. The monoisotopic (exact) mass is 298 g/mol. The van der Waals surface area contributed by atoms with Crippen LogP contribution in [-0.2, 0) is 20.9 Å². The normalized spacial score (nSPS) is 11.7. The quantitative estimate of drug-likeness (QED) is 0.522. The van der Waals surface area contributed by atoms with Crippen LogP contribution in [0, 0.1) is 0 Å². The first-order valence-corrected chi connectivity index (χ1v) is 6.30. The van der Waals surface area contributed by atoms with Crippen molar-refractivity contribution >= 4 is 17.8 Å². The van der Waals surface area contributed by atoms with Crippen LogP contribution in [0.25, 0.3) is 0 Å². The van der Waals surface area contributed by atoms with E-state index in [-0.39, 0.29) is 18.5 Å². The molecule has 1 aromatic heterocycles. The molecule has 0 aliphatic heterocycles. The van der Waals surface area contributed by atoms with Gasteiger partial charge in [0.1, 0.15) is 11.7 Å². The van der Waals surface area contributed by atoms with Crippen molar-refractivity contribution in [3.63, 3.8) is 0 Å². The van der Waals surface area contributed by atoms with Gasteiger partial charge < -0.3 is 25.5 Å². The van der Waals surface area contributed by atoms with Gasteiger partial charge in [-0.3, -0.25) is 9.59 Å². The summed E-state index contributed by atoms with van der Waals surface area (Å²) in [7, 11) is 1.21. The number of imidazole rings is 1. The number of nitrogens with zero attached hydrogens (tertiary/aromatic N) is 2. The van der Waals surface area contributed by atoms with Gasteiger partial charge in [-0.2, -0.15) is 0 Å². The fraction of sp³-hybridized carbons (Fsp3) is 0.500. The van der Waals surface area contributed by atoms with Crippen molar-refractivity contribution in [3.8, 4) is 0 Å². The smallest absolute Gasteiger partial charge is 0.326 e. The number of amides is 1. The number of aromatic nitrogens is 2. The Kier molecular flexibility index (Phi) is 6.34. The summed E-state index contributed by atoms with van der Waals surface area (Å²) in [4.78, 5) is 37.8. The molecule has 0 saturated carbocycles. The zero-order chi connectivity index (χ0) is 15.8. The summed E-state index contributed by atoms with van der Waals surface area (Å²) in [5, 5.41) is 11.3. The Morgan fingerprint density at radius 1 is 1.52 bits per heavy atom. The third kappa shape index (κ3) is 5.22. The van der Waals surface area contributed by atoms with Gasteiger partial charge in [0.05, 0.1) is 13.4 Å². The first-order valence-electron chi connectivity index (χ1n) is 6.30. The first-order chi connectivity index (χ1) is 9.97. The molecule has 0 saturated heterocycles. The van der Waals surface area contributed by atoms with Crippen LogP contribution in [0.4, 0.5) is 0 Å². The average molecular weight is 298 g/mol. The van der Waals surface area contributed by atoms with E-state index in [1.165, 1.54) is 19.6 Å². The van der Waals surface area contributed by atoms with Gasteiger partial charge in [-0.15, -0.1) is 0 Å². The van der Waals surface area contributed by atoms with E-state index in [0.717, 1.165) is 0 Å². The summed E-state index contributed by atoms with van der Waals surface area (Å²) in [6.45, 7) is 0.902. The zero-order valence-electron chi connectivity index (χ0n) is 11.6. The number of esters is 1. The van der Waals surface area contributed by atoms with Gasteiger partial charge >= 0.3 is 11.9 Å². The highest BCUT2D eigenvalue weighted by molar-refractivity contribution is 5.94. The molecule has 9 heteroatoms. The summed E-state index contributed by atoms with van der Waals surface area (Å²) in [6.07, 6.45) is 2.75. The Labute approximate surface area is 121 Å². The van der Waals surface area contributed by atoms with Crippen molar-refractivity contribution in [1.29, 1.82) is 0 Å². The largest absolute Gasteiger partial charge is 0.480 e. The topological polar surface area (TPSA) is 137 Å². The minimum atomic E-state index is -1.23. The SMILES string of the molecule is COC(=O)CCC(NC(=O)c1cn(CCN)cn1)C(=O)O. The zero-order valence-corrected chi connectivity index (χ0v) is 11.6. The van der Waals surface area contributed by atoms with E-state index in [0.29, 0.717) is 13.1 Å². The highest BCUT2D eigenvalue weighted by Gasteiger charge is 2.22. The molecule has 0 aliphatic carbocycles. The number of carbonyl (C=O) groups is 3. The number of carboxylic acid groups (broad SMARTS) is 1.